The minimum absolute atomic E-state index is 0.260. The minimum Gasteiger partial charge on any atom is -0.438 e. The number of carbonyl (C=O) groups is 1. The van der Waals surface area contributed by atoms with E-state index in [1.165, 1.54) is 0 Å². The maximum atomic E-state index is 12.6. The molecule has 0 radical (unpaired) electrons. The van der Waals surface area contributed by atoms with Crippen molar-refractivity contribution in [3.63, 3.8) is 0 Å². The van der Waals surface area contributed by atoms with Gasteiger partial charge in [0.15, 0.2) is 18.4 Å². The van der Waals surface area contributed by atoms with Crippen LogP contribution in [0.3, 0.4) is 0 Å². The van der Waals surface area contributed by atoms with Crippen LogP contribution in [0, 0.1) is 0 Å². The zero-order valence-electron chi connectivity index (χ0n) is 18.5. The molecule has 1 aliphatic rings. The maximum absolute atomic E-state index is 12.6. The third-order valence-electron chi connectivity index (χ3n) is 4.57. The van der Waals surface area contributed by atoms with Gasteiger partial charge in [-0.15, -0.1) is 9.42 Å². The number of nitrogens with one attached hydrogen (secondary N) is 2. The molecule has 2 heterocycles. The van der Waals surface area contributed by atoms with E-state index in [4.69, 9.17) is 14.0 Å². The van der Waals surface area contributed by atoms with E-state index < -0.39 is 56.7 Å². The van der Waals surface area contributed by atoms with Crippen molar-refractivity contribution in [2.24, 2.45) is 0 Å². The SMILES string of the molecule is CCCCSSC(C)(C)CNC(=O)OC1C(O[P+](=O)O)[C@@H](CO)O[C@H]1n1ccc(=O)[nH]c1=O. The number of hydrogen-bond donors (Lipinski definition) is 4. The Labute approximate surface area is 199 Å². The van der Waals surface area contributed by atoms with E-state index in [0.29, 0.717) is 0 Å². The molecule has 186 valence electrons. The Morgan fingerprint density at radius 3 is 2.73 bits per heavy atom. The first-order valence-corrected chi connectivity index (χ1v) is 13.7. The second kappa shape index (κ2) is 12.9. The molecule has 3 unspecified atom stereocenters. The highest BCUT2D eigenvalue weighted by atomic mass is 33.1. The molecule has 1 fully saturated rings. The largest absolute Gasteiger partial charge is 0.695 e. The fraction of sp³-hybridized carbons (Fsp3) is 0.722. The Bertz CT molecular complexity index is 926. The van der Waals surface area contributed by atoms with Gasteiger partial charge in [0.05, 0.1) is 6.61 Å². The predicted molar refractivity (Wildman–Crippen MR) is 124 cm³/mol. The smallest absolute Gasteiger partial charge is 0.438 e. The van der Waals surface area contributed by atoms with E-state index in [9.17, 15) is 28.9 Å². The first kappa shape index (κ1) is 27.8. The van der Waals surface area contributed by atoms with Gasteiger partial charge in [-0.05, 0) is 20.3 Å². The van der Waals surface area contributed by atoms with Gasteiger partial charge in [-0.25, -0.2) is 9.59 Å². The summed E-state index contributed by atoms with van der Waals surface area (Å²) in [6.45, 7) is 5.66. The molecular formula is C18H29N3O9PS2+. The van der Waals surface area contributed by atoms with Crippen molar-refractivity contribution in [1.82, 2.24) is 14.9 Å². The Balaban J connectivity index is 2.15. The van der Waals surface area contributed by atoms with Crippen molar-refractivity contribution in [3.05, 3.63) is 33.1 Å². The van der Waals surface area contributed by atoms with Crippen LogP contribution in [0.1, 0.15) is 39.8 Å². The van der Waals surface area contributed by atoms with E-state index in [1.807, 2.05) is 13.8 Å². The van der Waals surface area contributed by atoms with Crippen LogP contribution in [0.15, 0.2) is 21.9 Å². The zero-order valence-corrected chi connectivity index (χ0v) is 21.0. The highest BCUT2D eigenvalue weighted by Crippen LogP contribution is 2.38. The number of hydrogen-bond acceptors (Lipinski definition) is 10. The lowest BCUT2D eigenvalue weighted by molar-refractivity contribution is -0.0567. The molecule has 15 heteroatoms. The molecule has 1 saturated heterocycles. The monoisotopic (exact) mass is 526 g/mol. The number of aliphatic hydroxyl groups excluding tert-OH is 1. The Morgan fingerprint density at radius 1 is 1.39 bits per heavy atom. The summed E-state index contributed by atoms with van der Waals surface area (Å²) in [5.74, 6) is 0.991. The minimum atomic E-state index is -3.14. The van der Waals surface area contributed by atoms with Crippen molar-refractivity contribution < 1.29 is 33.4 Å². The number of H-pyrrole nitrogens is 1. The molecule has 1 aromatic rings. The average molecular weight is 527 g/mol. The van der Waals surface area contributed by atoms with Crippen molar-refractivity contribution in [1.29, 1.82) is 0 Å². The Morgan fingerprint density at radius 2 is 2.12 bits per heavy atom. The molecule has 0 spiro atoms. The quantitative estimate of drug-likeness (QED) is 0.177. The number of alkyl carbamates (subject to hydrolysis) is 1. The lowest BCUT2D eigenvalue weighted by atomic mass is 10.1. The molecule has 0 saturated carbocycles. The second-order valence-corrected chi connectivity index (χ2v) is 11.6. The number of aromatic amines is 1. The number of aliphatic hydroxyl groups is 1. The molecule has 12 nitrogen and oxygen atoms in total. The normalized spacial score (nSPS) is 23.4. The molecule has 1 aromatic heterocycles. The number of rotatable bonds is 12. The highest BCUT2D eigenvalue weighted by molar-refractivity contribution is 8.77. The number of nitrogens with zero attached hydrogens (tertiary/aromatic N) is 1. The van der Waals surface area contributed by atoms with Gasteiger partial charge in [0.1, 0.15) is 6.10 Å². The van der Waals surface area contributed by atoms with Crippen LogP contribution in [0.5, 0.6) is 0 Å². The Hall–Kier alpha value is -1.41. The van der Waals surface area contributed by atoms with Crippen LogP contribution in [0.4, 0.5) is 4.79 Å². The summed E-state index contributed by atoms with van der Waals surface area (Å²) in [7, 11) is 0.203. The predicted octanol–water partition coefficient (Wildman–Crippen LogP) is 1.52. The molecule has 5 atom stereocenters. The van der Waals surface area contributed by atoms with Crippen LogP contribution in [-0.2, 0) is 18.6 Å². The van der Waals surface area contributed by atoms with Crippen LogP contribution in [-0.4, -0.2) is 67.6 Å². The van der Waals surface area contributed by atoms with E-state index >= 15 is 0 Å². The second-order valence-electron chi connectivity index (χ2n) is 7.81. The summed E-state index contributed by atoms with van der Waals surface area (Å²) >= 11 is 0. The summed E-state index contributed by atoms with van der Waals surface area (Å²) in [6.07, 6.45) is -2.74. The fourth-order valence-corrected chi connectivity index (χ4v) is 6.09. The van der Waals surface area contributed by atoms with Gasteiger partial charge >= 0.3 is 20.0 Å². The molecule has 0 bridgehead atoms. The van der Waals surface area contributed by atoms with Crippen LogP contribution in [0.2, 0.25) is 0 Å². The van der Waals surface area contributed by atoms with E-state index in [1.54, 1.807) is 21.6 Å². The molecule has 33 heavy (non-hydrogen) atoms. The van der Waals surface area contributed by atoms with Crippen molar-refractivity contribution in [2.45, 2.75) is 62.9 Å². The third kappa shape index (κ3) is 8.39. The van der Waals surface area contributed by atoms with Gasteiger partial charge in [-0.2, -0.15) is 0 Å². The van der Waals surface area contributed by atoms with Gasteiger partial charge in [0.2, 0.25) is 0 Å². The molecule has 2 rings (SSSR count). The number of unbranched alkanes of at least 4 members (excludes halogenated alkanes) is 1. The summed E-state index contributed by atoms with van der Waals surface area (Å²) in [4.78, 5) is 47.5. The van der Waals surface area contributed by atoms with Crippen LogP contribution >= 0.6 is 29.8 Å². The molecular weight excluding hydrogens is 497 g/mol. The van der Waals surface area contributed by atoms with Crippen molar-refractivity contribution in [3.8, 4) is 0 Å². The molecule has 1 amide bonds. The van der Waals surface area contributed by atoms with Gasteiger partial charge < -0.3 is 19.9 Å². The van der Waals surface area contributed by atoms with Crippen LogP contribution in [0.25, 0.3) is 0 Å². The van der Waals surface area contributed by atoms with Gasteiger partial charge in [0.25, 0.3) is 5.56 Å². The lowest BCUT2D eigenvalue weighted by Crippen LogP contribution is -2.44. The van der Waals surface area contributed by atoms with Crippen molar-refractivity contribution >= 4 is 35.9 Å². The maximum Gasteiger partial charge on any atom is 0.695 e. The Kier molecular flexibility index (Phi) is 10.9. The van der Waals surface area contributed by atoms with Crippen LogP contribution < -0.4 is 16.6 Å². The number of amides is 1. The standard InChI is InChI=1S/C18H28N3O9PS2/c1-4-5-8-32-33-18(2,3)10-19-17(25)29-14-13(30-31(26)27)11(9-22)28-15(14)21-7-6-12(23)20-16(21)24/h6-7,11,13-15,22H,4-5,8-10H2,1-3H3,(H2-,19,20,23,24,25,26,27)/p+1/t11-,13?,14?,15-/m1/s1. The van der Waals surface area contributed by atoms with E-state index in [2.05, 4.69) is 17.2 Å². The topological polar surface area (TPSA) is 169 Å². The van der Waals surface area contributed by atoms with Gasteiger partial charge in [-0.3, -0.25) is 14.3 Å². The van der Waals surface area contributed by atoms with Gasteiger partial charge in [-0.1, -0.05) is 34.9 Å². The number of ether oxygens (including phenoxy) is 2. The molecule has 1 aliphatic heterocycles. The average Bonchev–Trinajstić information content (AvgIpc) is 3.06. The number of carbonyl (C=O) groups excluding carboxylic acids is 1. The number of aromatic nitrogens is 2. The van der Waals surface area contributed by atoms with Gasteiger partial charge in [0, 0.05) is 33.9 Å². The fourth-order valence-electron chi connectivity index (χ4n) is 2.95. The molecule has 0 aromatic carbocycles. The summed E-state index contributed by atoms with van der Waals surface area (Å²) in [5, 5.41) is 12.3. The molecule has 0 aliphatic carbocycles. The van der Waals surface area contributed by atoms with E-state index in [0.717, 1.165) is 35.4 Å². The lowest BCUT2D eigenvalue weighted by Gasteiger charge is -2.25. The summed E-state index contributed by atoms with van der Waals surface area (Å²) < 4.78 is 27.9. The van der Waals surface area contributed by atoms with Crippen molar-refractivity contribution in [2.75, 3.05) is 18.9 Å². The third-order valence-corrected chi connectivity index (χ3v) is 8.37. The first-order valence-electron chi connectivity index (χ1n) is 10.2. The first-order chi connectivity index (χ1) is 15.6. The van der Waals surface area contributed by atoms with E-state index in [-0.39, 0.29) is 11.3 Å². The molecule has 4 N–H and O–H groups in total. The highest BCUT2D eigenvalue weighted by Gasteiger charge is 2.53. The summed E-state index contributed by atoms with van der Waals surface area (Å²) in [5.41, 5.74) is -1.50. The summed E-state index contributed by atoms with van der Waals surface area (Å²) in [6, 6.07) is 1.06. The zero-order chi connectivity index (χ0) is 24.6.